The second kappa shape index (κ2) is 3.46. The van der Waals surface area contributed by atoms with Crippen LogP contribution in [0.1, 0.15) is 16.7 Å². The Morgan fingerprint density at radius 3 is 1.69 bits per heavy atom. The van der Waals surface area contributed by atoms with Gasteiger partial charge in [0, 0.05) is 0 Å². The lowest BCUT2D eigenvalue weighted by molar-refractivity contribution is 1.32. The molecule has 0 amide bonds. The molecular formula is C15H18Si. The standard InChI is InChI=1S/C15H18Si/c1-10-8-11(2)15(12(3)9-10)16-13-4-5-14(16)7-6-13/h4-9,13-14,16H,1-3H3. The first-order valence-electron chi connectivity index (χ1n) is 6.11. The van der Waals surface area contributed by atoms with E-state index in [0.717, 1.165) is 11.1 Å². The van der Waals surface area contributed by atoms with E-state index in [1.807, 2.05) is 0 Å². The van der Waals surface area contributed by atoms with Gasteiger partial charge in [0.25, 0.3) is 0 Å². The van der Waals surface area contributed by atoms with Gasteiger partial charge in [-0.2, -0.15) is 0 Å². The SMILES string of the molecule is Cc1cc(C)c([SiH]2C3C=CC2C=C3)c(C)c1. The van der Waals surface area contributed by atoms with Gasteiger partial charge in [-0.15, -0.1) is 0 Å². The largest absolute Gasteiger partial charge is 0.0927 e. The molecule has 2 bridgehead atoms. The predicted molar refractivity (Wildman–Crippen MR) is 73.2 cm³/mol. The Kier molecular flexibility index (Phi) is 2.18. The maximum atomic E-state index is 2.43. The summed E-state index contributed by atoms with van der Waals surface area (Å²) >= 11 is 0. The summed E-state index contributed by atoms with van der Waals surface area (Å²) in [6.07, 6.45) is 9.72. The van der Waals surface area contributed by atoms with Gasteiger partial charge in [0.15, 0.2) is 0 Å². The van der Waals surface area contributed by atoms with Crippen LogP contribution < -0.4 is 5.19 Å². The first kappa shape index (κ1) is 10.1. The fraction of sp³-hybridized carbons (Fsp3) is 0.333. The van der Waals surface area contributed by atoms with Crippen LogP contribution in [-0.2, 0) is 0 Å². The van der Waals surface area contributed by atoms with Crippen molar-refractivity contribution in [2.24, 2.45) is 0 Å². The summed E-state index contributed by atoms with van der Waals surface area (Å²) in [7, 11) is -0.838. The molecule has 2 heterocycles. The summed E-state index contributed by atoms with van der Waals surface area (Å²) in [5.74, 6) is 0. The van der Waals surface area contributed by atoms with Gasteiger partial charge in [0.2, 0.25) is 0 Å². The molecule has 2 aliphatic rings. The lowest BCUT2D eigenvalue weighted by Crippen LogP contribution is -2.36. The Morgan fingerprint density at radius 2 is 1.25 bits per heavy atom. The fourth-order valence-corrected chi connectivity index (χ4v) is 7.45. The zero-order chi connectivity index (χ0) is 11.3. The van der Waals surface area contributed by atoms with Crippen molar-refractivity contribution in [2.45, 2.75) is 31.9 Å². The first-order valence-corrected chi connectivity index (χ1v) is 8.02. The van der Waals surface area contributed by atoms with Crippen molar-refractivity contribution >= 4 is 14.0 Å². The third-order valence-corrected chi connectivity index (χ3v) is 8.14. The summed E-state index contributed by atoms with van der Waals surface area (Å²) in [6, 6.07) is 4.71. The fourth-order valence-electron chi connectivity index (χ4n) is 3.48. The summed E-state index contributed by atoms with van der Waals surface area (Å²) in [5, 5.41) is 1.72. The van der Waals surface area contributed by atoms with Crippen molar-refractivity contribution in [3.8, 4) is 0 Å². The number of allylic oxidation sites excluding steroid dienone is 4. The van der Waals surface area contributed by atoms with Crippen molar-refractivity contribution in [3.05, 3.63) is 53.1 Å². The predicted octanol–water partition coefficient (Wildman–Crippen LogP) is 2.93. The first-order chi connectivity index (χ1) is 7.66. The normalized spacial score (nSPS) is 30.3. The number of hydrogen-bond acceptors (Lipinski definition) is 0. The molecule has 1 aromatic rings. The third-order valence-electron chi connectivity index (χ3n) is 4.01. The van der Waals surface area contributed by atoms with Gasteiger partial charge in [0.1, 0.15) is 0 Å². The smallest absolute Gasteiger partial charge is 0.0839 e. The van der Waals surface area contributed by atoms with E-state index in [2.05, 4.69) is 57.2 Å². The molecule has 2 aliphatic heterocycles. The van der Waals surface area contributed by atoms with Crippen LogP contribution in [-0.4, -0.2) is 8.80 Å². The summed E-state index contributed by atoms with van der Waals surface area (Å²) in [4.78, 5) is 0. The van der Waals surface area contributed by atoms with E-state index in [0.29, 0.717) is 0 Å². The second-order valence-electron chi connectivity index (χ2n) is 5.26. The Hall–Kier alpha value is -1.08. The van der Waals surface area contributed by atoms with E-state index in [4.69, 9.17) is 0 Å². The van der Waals surface area contributed by atoms with Crippen LogP contribution in [0.25, 0.3) is 0 Å². The van der Waals surface area contributed by atoms with E-state index >= 15 is 0 Å². The van der Waals surface area contributed by atoms with E-state index in [1.54, 1.807) is 5.19 Å². The number of benzene rings is 1. The Morgan fingerprint density at radius 1 is 0.812 bits per heavy atom. The highest BCUT2D eigenvalue weighted by atomic mass is 28.3. The van der Waals surface area contributed by atoms with Gasteiger partial charge in [-0.1, -0.05) is 58.3 Å². The topological polar surface area (TPSA) is 0 Å². The molecule has 82 valence electrons. The van der Waals surface area contributed by atoms with Crippen molar-refractivity contribution in [2.75, 3.05) is 0 Å². The molecule has 0 aliphatic carbocycles. The summed E-state index contributed by atoms with van der Waals surface area (Å²) in [5.41, 5.74) is 6.02. The lowest BCUT2D eigenvalue weighted by Gasteiger charge is -2.20. The molecule has 0 fully saturated rings. The molecule has 0 spiro atoms. The zero-order valence-corrected chi connectivity index (χ0v) is 11.4. The minimum atomic E-state index is -0.838. The molecular weight excluding hydrogens is 208 g/mol. The van der Waals surface area contributed by atoms with Gasteiger partial charge in [-0.3, -0.25) is 0 Å². The van der Waals surface area contributed by atoms with E-state index < -0.39 is 8.80 Å². The van der Waals surface area contributed by atoms with Crippen LogP contribution in [0.4, 0.5) is 0 Å². The van der Waals surface area contributed by atoms with Gasteiger partial charge in [-0.05, 0) is 31.9 Å². The number of fused-ring (bicyclic) bond motifs is 2. The van der Waals surface area contributed by atoms with Crippen LogP contribution in [0.15, 0.2) is 36.4 Å². The molecule has 1 heteroatoms. The highest BCUT2D eigenvalue weighted by Gasteiger charge is 2.37. The van der Waals surface area contributed by atoms with Crippen molar-refractivity contribution in [1.29, 1.82) is 0 Å². The molecule has 3 rings (SSSR count). The Bertz CT molecular complexity index is 443. The van der Waals surface area contributed by atoms with Crippen LogP contribution in [0, 0.1) is 20.8 Å². The molecule has 16 heavy (non-hydrogen) atoms. The van der Waals surface area contributed by atoms with Crippen LogP contribution in [0.5, 0.6) is 0 Å². The lowest BCUT2D eigenvalue weighted by atomic mass is 10.1. The average Bonchev–Trinajstić information content (AvgIpc) is 2.77. The monoisotopic (exact) mass is 226 g/mol. The molecule has 0 N–H and O–H groups in total. The Balaban J connectivity index is 2.09. The van der Waals surface area contributed by atoms with E-state index in [-0.39, 0.29) is 0 Å². The summed E-state index contributed by atoms with van der Waals surface area (Å²) < 4.78 is 0. The highest BCUT2D eigenvalue weighted by Crippen LogP contribution is 2.40. The minimum Gasteiger partial charge on any atom is -0.0839 e. The average molecular weight is 226 g/mol. The van der Waals surface area contributed by atoms with Crippen molar-refractivity contribution in [3.63, 3.8) is 0 Å². The van der Waals surface area contributed by atoms with Crippen molar-refractivity contribution in [1.82, 2.24) is 0 Å². The molecule has 0 unspecified atom stereocenters. The maximum Gasteiger partial charge on any atom is 0.0927 e. The zero-order valence-electron chi connectivity index (χ0n) is 10.2. The Labute approximate surface area is 99.3 Å². The molecule has 0 radical (unpaired) electrons. The number of hydrogen-bond donors (Lipinski definition) is 0. The van der Waals surface area contributed by atoms with Gasteiger partial charge >= 0.3 is 0 Å². The number of aryl methyl sites for hydroxylation is 3. The number of rotatable bonds is 1. The van der Waals surface area contributed by atoms with Gasteiger partial charge in [0.05, 0.1) is 8.80 Å². The molecule has 0 atom stereocenters. The molecule has 0 nitrogen and oxygen atoms in total. The van der Waals surface area contributed by atoms with Gasteiger partial charge in [-0.25, -0.2) is 0 Å². The van der Waals surface area contributed by atoms with Crippen LogP contribution in [0.2, 0.25) is 11.1 Å². The van der Waals surface area contributed by atoms with E-state index in [9.17, 15) is 0 Å². The molecule has 1 aromatic carbocycles. The molecule has 0 aromatic heterocycles. The maximum absolute atomic E-state index is 2.43. The van der Waals surface area contributed by atoms with Gasteiger partial charge < -0.3 is 0 Å². The van der Waals surface area contributed by atoms with Crippen LogP contribution >= 0.6 is 0 Å². The van der Waals surface area contributed by atoms with Crippen LogP contribution in [0.3, 0.4) is 0 Å². The minimum absolute atomic E-state index is 0.783. The summed E-state index contributed by atoms with van der Waals surface area (Å²) in [6.45, 7) is 6.78. The van der Waals surface area contributed by atoms with Crippen molar-refractivity contribution < 1.29 is 0 Å². The third kappa shape index (κ3) is 1.35. The molecule has 0 saturated carbocycles. The quantitative estimate of drug-likeness (QED) is 0.510. The molecule has 0 saturated heterocycles. The second-order valence-corrected chi connectivity index (χ2v) is 8.43. The highest BCUT2D eigenvalue weighted by molar-refractivity contribution is 6.80. The van der Waals surface area contributed by atoms with E-state index in [1.165, 1.54) is 16.7 Å².